The van der Waals surface area contributed by atoms with Crippen molar-refractivity contribution in [2.24, 2.45) is 0 Å². The highest BCUT2D eigenvalue weighted by molar-refractivity contribution is 5.43. The molecule has 0 aliphatic rings. The molecular formula is C18H24N2O. The molecule has 0 aliphatic carbocycles. The highest BCUT2D eigenvalue weighted by Crippen LogP contribution is 2.34. The van der Waals surface area contributed by atoms with Crippen LogP contribution in [0.15, 0.2) is 42.7 Å². The molecule has 0 unspecified atom stereocenters. The maximum Gasteiger partial charge on any atom is 0.150 e. The summed E-state index contributed by atoms with van der Waals surface area (Å²) in [5.74, 6) is 1.71. The number of hydrogen-bond donors (Lipinski definition) is 1. The Hall–Kier alpha value is -1.87. The number of ether oxygens (including phenoxy) is 1. The lowest BCUT2D eigenvalue weighted by atomic mass is 9.86. The van der Waals surface area contributed by atoms with Gasteiger partial charge in [-0.15, -0.1) is 0 Å². The van der Waals surface area contributed by atoms with Crippen LogP contribution in [0, 0.1) is 0 Å². The molecule has 1 aromatic heterocycles. The molecule has 2 aromatic rings. The Morgan fingerprint density at radius 3 is 2.57 bits per heavy atom. The smallest absolute Gasteiger partial charge is 0.150 e. The van der Waals surface area contributed by atoms with Gasteiger partial charge in [-0.05, 0) is 24.1 Å². The van der Waals surface area contributed by atoms with Crippen LogP contribution in [-0.2, 0) is 12.0 Å². The van der Waals surface area contributed by atoms with Crippen LogP contribution in [0.2, 0.25) is 0 Å². The summed E-state index contributed by atoms with van der Waals surface area (Å²) in [4.78, 5) is 4.19. The van der Waals surface area contributed by atoms with Crippen molar-refractivity contribution in [3.05, 3.63) is 53.9 Å². The summed E-state index contributed by atoms with van der Waals surface area (Å²) in [5.41, 5.74) is 2.36. The molecule has 1 N–H and O–H groups in total. The molecule has 112 valence electrons. The molecule has 3 heteroatoms. The monoisotopic (exact) mass is 284 g/mol. The van der Waals surface area contributed by atoms with Crippen molar-refractivity contribution in [1.29, 1.82) is 0 Å². The molecule has 3 nitrogen and oxygen atoms in total. The van der Waals surface area contributed by atoms with E-state index in [1.165, 1.54) is 5.56 Å². The molecule has 0 bridgehead atoms. The third-order valence-electron chi connectivity index (χ3n) is 3.35. The van der Waals surface area contributed by atoms with Gasteiger partial charge < -0.3 is 10.1 Å². The van der Waals surface area contributed by atoms with E-state index in [1.54, 1.807) is 12.4 Å². The molecule has 2 rings (SSSR count). The number of nitrogens with one attached hydrogen (secondary N) is 1. The van der Waals surface area contributed by atoms with Crippen LogP contribution in [-0.4, -0.2) is 11.5 Å². The van der Waals surface area contributed by atoms with E-state index in [9.17, 15) is 0 Å². The average Bonchev–Trinajstić information content (AvgIpc) is 2.46. The van der Waals surface area contributed by atoms with E-state index >= 15 is 0 Å². The zero-order valence-electron chi connectivity index (χ0n) is 13.3. The summed E-state index contributed by atoms with van der Waals surface area (Å²) < 4.78 is 6.16. The standard InChI is InChI=1S/C18H24N2O/c1-5-19-12-14-10-11-20-13-17(14)21-16-9-7-6-8-15(16)18(2,3)4/h6-11,13,19H,5,12H2,1-4H3. The normalized spacial score (nSPS) is 11.4. The Morgan fingerprint density at radius 2 is 1.86 bits per heavy atom. The van der Waals surface area contributed by atoms with Crippen LogP contribution >= 0.6 is 0 Å². The molecular weight excluding hydrogens is 260 g/mol. The predicted molar refractivity (Wildman–Crippen MR) is 86.8 cm³/mol. The zero-order chi connectivity index (χ0) is 15.3. The quantitative estimate of drug-likeness (QED) is 0.889. The second-order valence-corrected chi connectivity index (χ2v) is 6.11. The summed E-state index contributed by atoms with van der Waals surface area (Å²) in [5, 5.41) is 3.33. The van der Waals surface area contributed by atoms with Crippen LogP contribution in [0.5, 0.6) is 11.5 Å². The fourth-order valence-corrected chi connectivity index (χ4v) is 2.20. The highest BCUT2D eigenvalue weighted by atomic mass is 16.5. The zero-order valence-corrected chi connectivity index (χ0v) is 13.3. The van der Waals surface area contributed by atoms with E-state index in [4.69, 9.17) is 4.74 Å². The lowest BCUT2D eigenvalue weighted by Gasteiger charge is -2.23. The second kappa shape index (κ2) is 6.72. The molecule has 21 heavy (non-hydrogen) atoms. The van der Waals surface area contributed by atoms with Crippen molar-refractivity contribution in [1.82, 2.24) is 10.3 Å². The van der Waals surface area contributed by atoms with Gasteiger partial charge in [0.05, 0.1) is 6.20 Å². The Balaban J connectivity index is 2.31. The molecule has 0 spiro atoms. The number of hydrogen-bond acceptors (Lipinski definition) is 3. The summed E-state index contributed by atoms with van der Waals surface area (Å²) >= 11 is 0. The molecule has 0 atom stereocenters. The molecule has 1 heterocycles. The van der Waals surface area contributed by atoms with Crippen molar-refractivity contribution < 1.29 is 4.74 Å². The van der Waals surface area contributed by atoms with Gasteiger partial charge in [0.2, 0.25) is 0 Å². The number of para-hydroxylation sites is 1. The summed E-state index contributed by atoms with van der Waals surface area (Å²) in [6.07, 6.45) is 3.58. The first-order chi connectivity index (χ1) is 10.0. The lowest BCUT2D eigenvalue weighted by molar-refractivity contribution is 0.446. The molecule has 0 fully saturated rings. The second-order valence-electron chi connectivity index (χ2n) is 6.11. The summed E-state index contributed by atoms with van der Waals surface area (Å²) in [6.45, 7) is 10.4. The van der Waals surface area contributed by atoms with E-state index in [2.05, 4.69) is 50.1 Å². The summed E-state index contributed by atoms with van der Waals surface area (Å²) in [6, 6.07) is 10.2. The van der Waals surface area contributed by atoms with E-state index < -0.39 is 0 Å². The maximum atomic E-state index is 6.16. The Labute approximate surface area is 127 Å². The highest BCUT2D eigenvalue weighted by Gasteiger charge is 2.19. The fourth-order valence-electron chi connectivity index (χ4n) is 2.20. The van der Waals surface area contributed by atoms with Crippen molar-refractivity contribution >= 4 is 0 Å². The minimum absolute atomic E-state index is 0.0423. The van der Waals surface area contributed by atoms with Crippen LogP contribution < -0.4 is 10.1 Å². The topological polar surface area (TPSA) is 34.2 Å². The Kier molecular flexibility index (Phi) is 4.97. The van der Waals surface area contributed by atoms with Gasteiger partial charge in [0.15, 0.2) is 0 Å². The number of pyridine rings is 1. The predicted octanol–water partition coefficient (Wildman–Crippen LogP) is 4.28. The van der Waals surface area contributed by atoms with Gasteiger partial charge in [0.1, 0.15) is 11.5 Å². The third-order valence-corrected chi connectivity index (χ3v) is 3.35. The molecule has 0 aliphatic heterocycles. The van der Waals surface area contributed by atoms with Gasteiger partial charge in [-0.1, -0.05) is 45.9 Å². The average molecular weight is 284 g/mol. The fraction of sp³-hybridized carbons (Fsp3) is 0.389. The number of rotatable bonds is 5. The van der Waals surface area contributed by atoms with E-state index in [1.807, 2.05) is 18.2 Å². The van der Waals surface area contributed by atoms with E-state index in [0.29, 0.717) is 0 Å². The van der Waals surface area contributed by atoms with Gasteiger partial charge >= 0.3 is 0 Å². The first-order valence-corrected chi connectivity index (χ1v) is 7.43. The molecule has 0 saturated heterocycles. The minimum atomic E-state index is 0.0423. The van der Waals surface area contributed by atoms with E-state index in [-0.39, 0.29) is 5.41 Å². The molecule has 1 aromatic carbocycles. The van der Waals surface area contributed by atoms with Crippen LogP contribution in [0.25, 0.3) is 0 Å². The van der Waals surface area contributed by atoms with Crippen molar-refractivity contribution in [3.8, 4) is 11.5 Å². The van der Waals surface area contributed by atoms with Crippen molar-refractivity contribution in [2.75, 3.05) is 6.54 Å². The van der Waals surface area contributed by atoms with Gasteiger partial charge in [0.25, 0.3) is 0 Å². The Morgan fingerprint density at radius 1 is 1.10 bits per heavy atom. The van der Waals surface area contributed by atoms with Gasteiger partial charge in [-0.3, -0.25) is 4.98 Å². The largest absolute Gasteiger partial charge is 0.455 e. The van der Waals surface area contributed by atoms with Crippen LogP contribution in [0.1, 0.15) is 38.8 Å². The van der Waals surface area contributed by atoms with Crippen molar-refractivity contribution in [2.45, 2.75) is 39.7 Å². The van der Waals surface area contributed by atoms with Crippen LogP contribution in [0.4, 0.5) is 0 Å². The minimum Gasteiger partial charge on any atom is -0.455 e. The third kappa shape index (κ3) is 4.05. The summed E-state index contributed by atoms with van der Waals surface area (Å²) in [7, 11) is 0. The number of nitrogens with zero attached hydrogens (tertiary/aromatic N) is 1. The van der Waals surface area contributed by atoms with Gasteiger partial charge in [-0.25, -0.2) is 0 Å². The number of benzene rings is 1. The first kappa shape index (κ1) is 15.5. The van der Waals surface area contributed by atoms with Crippen molar-refractivity contribution in [3.63, 3.8) is 0 Å². The SMILES string of the molecule is CCNCc1ccncc1Oc1ccccc1C(C)(C)C. The maximum absolute atomic E-state index is 6.16. The van der Waals surface area contributed by atoms with Gasteiger partial charge in [-0.2, -0.15) is 0 Å². The van der Waals surface area contributed by atoms with Gasteiger partial charge in [0, 0.05) is 23.9 Å². The number of aromatic nitrogens is 1. The molecule has 0 saturated carbocycles. The Bertz CT molecular complexity index is 588. The lowest BCUT2D eigenvalue weighted by Crippen LogP contribution is -2.14. The molecule has 0 amide bonds. The molecule has 0 radical (unpaired) electrons. The first-order valence-electron chi connectivity index (χ1n) is 7.43. The van der Waals surface area contributed by atoms with E-state index in [0.717, 1.165) is 30.2 Å². The van der Waals surface area contributed by atoms with Crippen LogP contribution in [0.3, 0.4) is 0 Å².